The Morgan fingerprint density at radius 1 is 1.61 bits per heavy atom. The third-order valence-corrected chi connectivity index (χ3v) is 3.25. The molecule has 0 amide bonds. The van der Waals surface area contributed by atoms with Gasteiger partial charge in [-0.1, -0.05) is 0 Å². The second-order valence-corrected chi connectivity index (χ2v) is 5.24. The predicted octanol–water partition coefficient (Wildman–Crippen LogP) is 0.159. The highest BCUT2D eigenvalue weighted by atomic mass is 79.9. The Bertz CT molecular complexity index is 500. The molecule has 0 saturated carbocycles. The van der Waals surface area contributed by atoms with Crippen molar-refractivity contribution in [3.63, 3.8) is 0 Å². The molecule has 5 nitrogen and oxygen atoms in total. The summed E-state index contributed by atoms with van der Waals surface area (Å²) in [6.07, 6.45) is 0.395. The number of hydrogen-bond acceptors (Lipinski definition) is 4. The van der Waals surface area contributed by atoms with Crippen LogP contribution >= 0.6 is 15.9 Å². The molecule has 0 aliphatic carbocycles. The summed E-state index contributed by atoms with van der Waals surface area (Å²) in [6, 6.07) is 1.42. The lowest BCUT2D eigenvalue weighted by Crippen LogP contribution is -2.47. The van der Waals surface area contributed by atoms with Gasteiger partial charge in [0.25, 0.3) is 5.56 Å². The second-order valence-electron chi connectivity index (χ2n) is 4.32. The van der Waals surface area contributed by atoms with E-state index in [0.29, 0.717) is 4.47 Å². The van der Waals surface area contributed by atoms with Crippen molar-refractivity contribution in [2.24, 2.45) is 0 Å². The van der Waals surface area contributed by atoms with Gasteiger partial charge in [-0.05, 0) is 22.0 Å². The highest BCUT2D eigenvalue weighted by molar-refractivity contribution is 9.10. The van der Waals surface area contributed by atoms with E-state index in [2.05, 4.69) is 15.9 Å². The van der Waals surface area contributed by atoms with Gasteiger partial charge in [-0.2, -0.15) is 0 Å². The minimum atomic E-state index is -1.76. The summed E-state index contributed by atoms with van der Waals surface area (Å²) in [5.74, 6) is 0. The Hall–Kier alpha value is -0.760. The fraction of sp³-hybridized carbons (Fsp3) is 0.545. The lowest BCUT2D eigenvalue weighted by Gasteiger charge is -2.33. The molecule has 1 aliphatic heterocycles. The highest BCUT2D eigenvalue weighted by Crippen LogP contribution is 2.32. The minimum absolute atomic E-state index is 0.00765. The third-order valence-electron chi connectivity index (χ3n) is 2.82. The quantitative estimate of drug-likeness (QED) is 0.828. The van der Waals surface area contributed by atoms with Crippen LogP contribution in [0.25, 0.3) is 0 Å². The van der Waals surface area contributed by atoms with Crippen LogP contribution < -0.4 is 5.56 Å². The van der Waals surface area contributed by atoms with Crippen molar-refractivity contribution in [3.8, 4) is 0 Å². The average Bonchev–Trinajstić information content (AvgIpc) is 2.30. The summed E-state index contributed by atoms with van der Waals surface area (Å²) < 4.78 is 20.7. The normalized spacial score (nSPS) is 19.3. The first kappa shape index (κ1) is 13.7. The van der Waals surface area contributed by atoms with Crippen LogP contribution in [0.2, 0.25) is 0 Å². The maximum atomic E-state index is 14.2. The number of pyridine rings is 1. The third kappa shape index (κ3) is 2.49. The topological polar surface area (TPSA) is 71.7 Å². The largest absolute Gasteiger partial charge is 0.394 e. The van der Waals surface area contributed by atoms with Crippen LogP contribution in [0.5, 0.6) is 0 Å². The van der Waals surface area contributed by atoms with E-state index in [9.17, 15) is 14.3 Å². The van der Waals surface area contributed by atoms with Crippen LogP contribution in [0.4, 0.5) is 4.39 Å². The smallest absolute Gasteiger partial charge is 0.257 e. The number of hydrogen-bond donors (Lipinski definition) is 2. The van der Waals surface area contributed by atoms with Crippen molar-refractivity contribution < 1.29 is 19.3 Å². The molecule has 1 aromatic heterocycles. The maximum absolute atomic E-state index is 14.2. The number of rotatable bonds is 4. The van der Waals surface area contributed by atoms with Gasteiger partial charge >= 0.3 is 0 Å². The molecule has 18 heavy (non-hydrogen) atoms. The molecular formula is C11H13BrFNO4. The van der Waals surface area contributed by atoms with E-state index in [1.807, 2.05) is 0 Å². The molecular weight excluding hydrogens is 309 g/mol. The van der Waals surface area contributed by atoms with Crippen LogP contribution in [0.3, 0.4) is 0 Å². The van der Waals surface area contributed by atoms with Crippen molar-refractivity contribution in [1.82, 2.24) is 4.57 Å². The van der Waals surface area contributed by atoms with Crippen LogP contribution in [-0.4, -0.2) is 40.7 Å². The molecule has 1 fully saturated rings. The lowest BCUT2D eigenvalue weighted by atomic mass is 9.95. The van der Waals surface area contributed by atoms with Gasteiger partial charge in [-0.15, -0.1) is 0 Å². The molecule has 1 saturated heterocycles. The van der Waals surface area contributed by atoms with Gasteiger partial charge in [0.05, 0.1) is 38.0 Å². The number of aromatic nitrogens is 1. The fourth-order valence-corrected chi connectivity index (χ4v) is 2.25. The Labute approximate surface area is 111 Å². The zero-order chi connectivity index (χ0) is 13.3. The molecule has 0 radical (unpaired) electrons. The van der Waals surface area contributed by atoms with E-state index in [-0.39, 0.29) is 25.3 Å². The molecule has 0 bridgehead atoms. The predicted molar refractivity (Wildman–Crippen MR) is 65.1 cm³/mol. The first-order valence-corrected chi connectivity index (χ1v) is 6.21. The molecule has 7 heteroatoms. The molecule has 1 unspecified atom stereocenters. The zero-order valence-electron chi connectivity index (χ0n) is 9.47. The monoisotopic (exact) mass is 321 g/mol. The Balaban J connectivity index is 2.40. The van der Waals surface area contributed by atoms with Crippen molar-refractivity contribution in [3.05, 3.63) is 32.7 Å². The lowest BCUT2D eigenvalue weighted by molar-refractivity contribution is -0.136. The summed E-state index contributed by atoms with van der Waals surface area (Å²) in [5.41, 5.74) is -2.27. The standard InChI is InChI=1S/C11H13BrFNO4/c12-7-1-9(11(13)5-18-6-11)10(17)14(2-7)3-8(16)4-15/h1-2,8,15-16H,3-6H2. The summed E-state index contributed by atoms with van der Waals surface area (Å²) >= 11 is 3.19. The Morgan fingerprint density at radius 2 is 2.28 bits per heavy atom. The fourth-order valence-electron chi connectivity index (χ4n) is 1.78. The van der Waals surface area contributed by atoms with E-state index in [1.54, 1.807) is 0 Å². The Kier molecular flexibility index (Phi) is 3.86. The zero-order valence-corrected chi connectivity index (χ0v) is 11.1. The molecule has 2 N–H and O–H groups in total. The number of alkyl halides is 1. The molecule has 100 valence electrons. The first-order chi connectivity index (χ1) is 8.46. The van der Waals surface area contributed by atoms with E-state index < -0.39 is 23.9 Å². The maximum Gasteiger partial charge on any atom is 0.257 e. The summed E-state index contributed by atoms with van der Waals surface area (Å²) in [7, 11) is 0. The van der Waals surface area contributed by atoms with Gasteiger partial charge < -0.3 is 19.5 Å². The van der Waals surface area contributed by atoms with Crippen LogP contribution in [0.15, 0.2) is 21.5 Å². The van der Waals surface area contributed by atoms with Gasteiger partial charge in [0.15, 0.2) is 5.67 Å². The number of nitrogens with zero attached hydrogens (tertiary/aromatic N) is 1. The number of aliphatic hydroxyl groups excluding tert-OH is 2. The van der Waals surface area contributed by atoms with Crippen molar-refractivity contribution in [2.75, 3.05) is 19.8 Å². The molecule has 2 rings (SSSR count). The van der Waals surface area contributed by atoms with E-state index in [0.717, 1.165) is 0 Å². The molecule has 1 aromatic rings. The van der Waals surface area contributed by atoms with E-state index in [4.69, 9.17) is 9.84 Å². The minimum Gasteiger partial charge on any atom is -0.394 e. The Morgan fingerprint density at radius 3 is 2.78 bits per heavy atom. The summed E-state index contributed by atoms with van der Waals surface area (Å²) in [5, 5.41) is 18.1. The summed E-state index contributed by atoms with van der Waals surface area (Å²) in [6.45, 7) is -0.820. The molecule has 1 atom stereocenters. The van der Waals surface area contributed by atoms with E-state index >= 15 is 0 Å². The molecule has 0 aromatic carbocycles. The van der Waals surface area contributed by atoms with Crippen molar-refractivity contribution in [1.29, 1.82) is 0 Å². The molecule has 2 heterocycles. The van der Waals surface area contributed by atoms with Gasteiger partial charge in [-0.3, -0.25) is 4.79 Å². The number of ether oxygens (including phenoxy) is 1. The molecule has 1 aliphatic rings. The summed E-state index contributed by atoms with van der Waals surface area (Å²) in [4.78, 5) is 12.1. The van der Waals surface area contributed by atoms with Crippen LogP contribution in [-0.2, 0) is 17.0 Å². The van der Waals surface area contributed by atoms with E-state index in [1.165, 1.54) is 16.8 Å². The van der Waals surface area contributed by atoms with Crippen LogP contribution in [0, 0.1) is 0 Å². The SMILES string of the molecule is O=c1c(C2(F)COC2)cc(Br)cn1CC(O)CO. The van der Waals surface area contributed by atoms with Crippen molar-refractivity contribution >= 4 is 15.9 Å². The van der Waals surface area contributed by atoms with Crippen molar-refractivity contribution in [2.45, 2.75) is 18.3 Å². The highest BCUT2D eigenvalue weighted by Gasteiger charge is 2.43. The van der Waals surface area contributed by atoms with Gasteiger partial charge in [0.1, 0.15) is 0 Å². The van der Waals surface area contributed by atoms with Crippen LogP contribution in [0.1, 0.15) is 5.56 Å². The molecule has 0 spiro atoms. The second kappa shape index (κ2) is 5.08. The number of halogens is 2. The average molecular weight is 322 g/mol. The first-order valence-electron chi connectivity index (χ1n) is 5.42. The van der Waals surface area contributed by atoms with Gasteiger partial charge in [-0.25, -0.2) is 4.39 Å². The van der Waals surface area contributed by atoms with Gasteiger partial charge in [0, 0.05) is 10.7 Å². The number of aliphatic hydroxyl groups is 2. The van der Waals surface area contributed by atoms with Gasteiger partial charge in [0.2, 0.25) is 0 Å².